The SMILES string of the molecule is Cc1cc(=O)n2c(-c3ccccc3)n[nH]c2n1. The minimum atomic E-state index is -0.125. The summed E-state index contributed by atoms with van der Waals surface area (Å²) in [5, 5.41) is 6.91. The second-order valence-corrected chi connectivity index (χ2v) is 3.81. The van der Waals surface area contributed by atoms with E-state index in [1.807, 2.05) is 30.3 Å². The first-order valence-electron chi connectivity index (χ1n) is 5.26. The Kier molecular flexibility index (Phi) is 2.04. The average Bonchev–Trinajstić information content (AvgIpc) is 2.74. The maximum Gasteiger partial charge on any atom is 0.261 e. The molecule has 2 aromatic heterocycles. The Bertz CT molecular complexity index is 727. The standard InChI is InChI=1S/C12H10N4O/c1-8-7-10(17)16-11(14-15-12(16)13-8)9-5-3-2-4-6-9/h2-7H,1H3,(H,13,15). The molecule has 3 aromatic rings. The highest BCUT2D eigenvalue weighted by atomic mass is 16.1. The van der Waals surface area contributed by atoms with Crippen LogP contribution < -0.4 is 5.56 Å². The summed E-state index contributed by atoms with van der Waals surface area (Å²) >= 11 is 0. The first kappa shape index (κ1) is 9.77. The van der Waals surface area contributed by atoms with Gasteiger partial charge in [-0.25, -0.2) is 14.5 Å². The number of aryl methyl sites for hydroxylation is 1. The predicted molar refractivity (Wildman–Crippen MR) is 63.8 cm³/mol. The number of rotatable bonds is 1. The van der Waals surface area contributed by atoms with Gasteiger partial charge in [0.15, 0.2) is 5.82 Å². The van der Waals surface area contributed by atoms with Crippen molar-refractivity contribution in [3.8, 4) is 11.4 Å². The van der Waals surface area contributed by atoms with Crippen molar-refractivity contribution in [1.82, 2.24) is 19.6 Å². The van der Waals surface area contributed by atoms with Crippen LogP contribution in [0, 0.1) is 6.92 Å². The molecule has 0 fully saturated rings. The number of benzene rings is 1. The number of nitrogens with one attached hydrogen (secondary N) is 1. The summed E-state index contributed by atoms with van der Waals surface area (Å²) in [4.78, 5) is 16.1. The fourth-order valence-corrected chi connectivity index (χ4v) is 1.81. The average molecular weight is 226 g/mol. The summed E-state index contributed by atoms with van der Waals surface area (Å²) in [7, 11) is 0. The Hall–Kier alpha value is -2.43. The molecule has 0 saturated heterocycles. The van der Waals surface area contributed by atoms with Gasteiger partial charge in [-0.2, -0.15) is 5.10 Å². The highest BCUT2D eigenvalue weighted by molar-refractivity contribution is 5.57. The number of aromatic amines is 1. The maximum absolute atomic E-state index is 11.9. The molecule has 0 radical (unpaired) electrons. The van der Waals surface area contributed by atoms with Crippen molar-refractivity contribution in [3.05, 3.63) is 52.4 Å². The van der Waals surface area contributed by atoms with E-state index in [9.17, 15) is 4.79 Å². The van der Waals surface area contributed by atoms with Crippen LogP contribution >= 0.6 is 0 Å². The van der Waals surface area contributed by atoms with E-state index in [2.05, 4.69) is 15.2 Å². The van der Waals surface area contributed by atoms with Gasteiger partial charge in [-0.15, -0.1) is 0 Å². The van der Waals surface area contributed by atoms with E-state index in [-0.39, 0.29) is 5.56 Å². The smallest absolute Gasteiger partial charge is 0.261 e. The number of H-pyrrole nitrogens is 1. The zero-order valence-corrected chi connectivity index (χ0v) is 9.21. The van der Waals surface area contributed by atoms with Gasteiger partial charge < -0.3 is 0 Å². The number of fused-ring (bicyclic) bond motifs is 1. The Morgan fingerprint density at radius 1 is 1.24 bits per heavy atom. The Labute approximate surface area is 96.8 Å². The fraction of sp³-hybridized carbons (Fsp3) is 0.0833. The lowest BCUT2D eigenvalue weighted by Crippen LogP contribution is -2.14. The van der Waals surface area contributed by atoms with Gasteiger partial charge in [0, 0.05) is 17.3 Å². The molecule has 0 spiro atoms. The molecule has 3 rings (SSSR count). The zero-order valence-electron chi connectivity index (χ0n) is 9.21. The molecule has 0 amide bonds. The molecule has 0 unspecified atom stereocenters. The van der Waals surface area contributed by atoms with Gasteiger partial charge in [0.25, 0.3) is 5.56 Å². The Morgan fingerprint density at radius 2 is 2.00 bits per heavy atom. The van der Waals surface area contributed by atoms with E-state index in [4.69, 9.17) is 0 Å². The van der Waals surface area contributed by atoms with E-state index in [0.717, 1.165) is 5.56 Å². The van der Waals surface area contributed by atoms with Crippen molar-refractivity contribution in [2.24, 2.45) is 0 Å². The number of nitrogens with zero attached hydrogens (tertiary/aromatic N) is 3. The van der Waals surface area contributed by atoms with Crippen LogP contribution in [0.2, 0.25) is 0 Å². The summed E-state index contributed by atoms with van der Waals surface area (Å²) in [6, 6.07) is 11.0. The van der Waals surface area contributed by atoms with Gasteiger partial charge in [0.05, 0.1) is 0 Å². The maximum atomic E-state index is 11.9. The molecule has 0 aliphatic carbocycles. The molecule has 0 aliphatic heterocycles. The van der Waals surface area contributed by atoms with E-state index >= 15 is 0 Å². The first-order chi connectivity index (χ1) is 8.25. The minimum Gasteiger partial charge on any atom is -0.269 e. The third kappa shape index (κ3) is 1.52. The first-order valence-corrected chi connectivity index (χ1v) is 5.26. The molecule has 5 nitrogen and oxygen atoms in total. The molecule has 1 aromatic carbocycles. The van der Waals surface area contributed by atoms with E-state index in [1.165, 1.54) is 10.5 Å². The molecule has 1 N–H and O–H groups in total. The van der Waals surface area contributed by atoms with Crippen molar-refractivity contribution >= 4 is 5.78 Å². The lowest BCUT2D eigenvalue weighted by molar-refractivity contribution is 1.03. The highest BCUT2D eigenvalue weighted by Crippen LogP contribution is 2.15. The summed E-state index contributed by atoms with van der Waals surface area (Å²) in [5.41, 5.74) is 1.44. The number of hydrogen-bond acceptors (Lipinski definition) is 3. The Morgan fingerprint density at radius 3 is 2.76 bits per heavy atom. The lowest BCUT2D eigenvalue weighted by atomic mass is 10.2. The van der Waals surface area contributed by atoms with Crippen molar-refractivity contribution < 1.29 is 0 Å². The summed E-state index contributed by atoms with van der Waals surface area (Å²) in [6.07, 6.45) is 0. The van der Waals surface area contributed by atoms with Crippen molar-refractivity contribution in [2.45, 2.75) is 6.92 Å². The van der Waals surface area contributed by atoms with E-state index in [1.54, 1.807) is 6.92 Å². The molecular formula is C12H10N4O. The molecule has 0 atom stereocenters. The summed E-state index contributed by atoms with van der Waals surface area (Å²) in [6.45, 7) is 1.78. The molecule has 0 bridgehead atoms. The molecule has 5 heteroatoms. The molecule has 2 heterocycles. The van der Waals surface area contributed by atoms with Crippen molar-refractivity contribution in [3.63, 3.8) is 0 Å². The van der Waals surface area contributed by atoms with Crippen LogP contribution in [-0.2, 0) is 0 Å². The normalized spacial score (nSPS) is 10.9. The van der Waals surface area contributed by atoms with Gasteiger partial charge in [-0.3, -0.25) is 4.79 Å². The van der Waals surface area contributed by atoms with E-state index in [0.29, 0.717) is 17.3 Å². The van der Waals surface area contributed by atoms with Crippen LogP contribution in [0.15, 0.2) is 41.2 Å². The number of hydrogen-bond donors (Lipinski definition) is 1. The monoisotopic (exact) mass is 226 g/mol. The molecule has 17 heavy (non-hydrogen) atoms. The van der Waals surface area contributed by atoms with Crippen LogP contribution in [0.1, 0.15) is 5.69 Å². The summed E-state index contributed by atoms with van der Waals surface area (Å²) < 4.78 is 1.47. The minimum absolute atomic E-state index is 0.125. The topological polar surface area (TPSA) is 63.1 Å². The van der Waals surface area contributed by atoms with Crippen LogP contribution in [0.3, 0.4) is 0 Å². The van der Waals surface area contributed by atoms with Crippen molar-refractivity contribution in [2.75, 3.05) is 0 Å². The van der Waals surface area contributed by atoms with E-state index < -0.39 is 0 Å². The van der Waals surface area contributed by atoms with Crippen LogP contribution in [0.25, 0.3) is 17.2 Å². The molecular weight excluding hydrogens is 216 g/mol. The third-order valence-corrected chi connectivity index (χ3v) is 2.55. The second-order valence-electron chi connectivity index (χ2n) is 3.81. The zero-order chi connectivity index (χ0) is 11.8. The lowest BCUT2D eigenvalue weighted by Gasteiger charge is -1.98. The van der Waals surface area contributed by atoms with Crippen molar-refractivity contribution in [1.29, 1.82) is 0 Å². The van der Waals surface area contributed by atoms with Gasteiger partial charge in [0.1, 0.15) is 0 Å². The van der Waals surface area contributed by atoms with Gasteiger partial charge in [-0.05, 0) is 6.92 Å². The van der Waals surface area contributed by atoms with Gasteiger partial charge in [-0.1, -0.05) is 30.3 Å². The van der Waals surface area contributed by atoms with Crippen LogP contribution in [0.4, 0.5) is 0 Å². The van der Waals surface area contributed by atoms with Gasteiger partial charge in [0.2, 0.25) is 5.78 Å². The highest BCUT2D eigenvalue weighted by Gasteiger charge is 2.10. The number of aromatic nitrogens is 4. The largest absolute Gasteiger partial charge is 0.269 e. The predicted octanol–water partition coefficient (Wildman–Crippen LogP) is 1.39. The Balaban J connectivity index is 2.37. The van der Waals surface area contributed by atoms with Gasteiger partial charge >= 0.3 is 0 Å². The molecule has 0 saturated carbocycles. The van der Waals surface area contributed by atoms with Crippen LogP contribution in [-0.4, -0.2) is 19.6 Å². The van der Waals surface area contributed by atoms with Crippen LogP contribution in [0.5, 0.6) is 0 Å². The molecule has 84 valence electrons. The quantitative estimate of drug-likeness (QED) is 0.682. The fourth-order valence-electron chi connectivity index (χ4n) is 1.81. The molecule has 0 aliphatic rings. The second kappa shape index (κ2) is 3.55. The third-order valence-electron chi connectivity index (χ3n) is 2.55. The summed E-state index contributed by atoms with van der Waals surface area (Å²) in [5.74, 6) is 1.05.